The highest BCUT2D eigenvalue weighted by molar-refractivity contribution is 6.31. The topological polar surface area (TPSA) is 70.2 Å². The first-order chi connectivity index (χ1) is 15.1. The number of benzene rings is 2. The van der Waals surface area contributed by atoms with Gasteiger partial charge in [-0.05, 0) is 61.7 Å². The molecule has 1 fully saturated rings. The van der Waals surface area contributed by atoms with Gasteiger partial charge >= 0.3 is 6.03 Å². The highest BCUT2D eigenvalue weighted by Crippen LogP contribution is 2.25. The number of urea groups is 1. The van der Waals surface area contributed by atoms with E-state index in [9.17, 15) is 4.79 Å². The normalized spacial score (nSPS) is 14.1. The summed E-state index contributed by atoms with van der Waals surface area (Å²) in [4.78, 5) is 14.8. The maximum Gasteiger partial charge on any atom is 0.323 e. The van der Waals surface area contributed by atoms with Gasteiger partial charge in [0.1, 0.15) is 0 Å². The van der Waals surface area contributed by atoms with E-state index < -0.39 is 0 Å². The molecule has 4 rings (SSSR count). The van der Waals surface area contributed by atoms with Crippen LogP contribution < -0.4 is 15.5 Å². The van der Waals surface area contributed by atoms with Crippen molar-refractivity contribution in [3.63, 3.8) is 0 Å². The number of rotatable bonds is 4. The van der Waals surface area contributed by atoms with Gasteiger partial charge in [0, 0.05) is 35.1 Å². The van der Waals surface area contributed by atoms with Gasteiger partial charge in [-0.3, -0.25) is 0 Å². The molecule has 1 saturated heterocycles. The Hall–Kier alpha value is -3.12. The minimum atomic E-state index is -0.329. The fourth-order valence-corrected chi connectivity index (χ4v) is 3.91. The molecular weight excluding hydrogens is 410 g/mol. The number of anilines is 3. The molecule has 1 aliphatic rings. The minimum Gasteiger partial charge on any atom is -0.355 e. The van der Waals surface area contributed by atoms with Crippen LogP contribution in [0.3, 0.4) is 0 Å². The van der Waals surface area contributed by atoms with Crippen LogP contribution in [-0.4, -0.2) is 29.3 Å². The van der Waals surface area contributed by atoms with Crippen molar-refractivity contribution in [2.24, 2.45) is 0 Å². The molecule has 160 valence electrons. The number of halogens is 1. The first kappa shape index (κ1) is 21.1. The number of nitrogens with zero attached hydrogens (tertiary/aromatic N) is 3. The minimum absolute atomic E-state index is 0.329. The van der Waals surface area contributed by atoms with Crippen LogP contribution in [0.15, 0.2) is 54.6 Å². The van der Waals surface area contributed by atoms with E-state index in [4.69, 9.17) is 11.6 Å². The van der Waals surface area contributed by atoms with E-state index in [2.05, 4.69) is 25.7 Å². The lowest BCUT2D eigenvalue weighted by Gasteiger charge is -2.20. The second kappa shape index (κ2) is 9.79. The Kier molecular flexibility index (Phi) is 6.67. The lowest BCUT2D eigenvalue weighted by atomic mass is 10.1. The summed E-state index contributed by atoms with van der Waals surface area (Å²) in [6, 6.07) is 16.7. The van der Waals surface area contributed by atoms with Crippen LogP contribution in [0.5, 0.6) is 0 Å². The number of nitrogens with one attached hydrogen (secondary N) is 2. The van der Waals surface area contributed by atoms with Crippen molar-refractivity contribution in [3.8, 4) is 11.3 Å². The zero-order valence-corrected chi connectivity index (χ0v) is 18.3. The van der Waals surface area contributed by atoms with Gasteiger partial charge in [-0.2, -0.15) is 0 Å². The fourth-order valence-electron chi connectivity index (χ4n) is 3.73. The van der Waals surface area contributed by atoms with Crippen LogP contribution in [0.4, 0.5) is 22.0 Å². The largest absolute Gasteiger partial charge is 0.355 e. The van der Waals surface area contributed by atoms with Gasteiger partial charge < -0.3 is 15.5 Å². The van der Waals surface area contributed by atoms with Crippen molar-refractivity contribution in [2.45, 2.75) is 32.6 Å². The maximum atomic E-state index is 12.4. The Balaban J connectivity index is 1.44. The molecule has 0 aliphatic carbocycles. The van der Waals surface area contributed by atoms with Crippen LogP contribution in [0.1, 0.15) is 31.2 Å². The zero-order valence-electron chi connectivity index (χ0n) is 17.6. The Bertz CT molecular complexity index is 1050. The average Bonchev–Trinajstić information content (AvgIpc) is 3.07. The van der Waals surface area contributed by atoms with Crippen molar-refractivity contribution in [1.82, 2.24) is 10.2 Å². The maximum absolute atomic E-state index is 12.4. The van der Waals surface area contributed by atoms with Gasteiger partial charge in [0.05, 0.1) is 5.69 Å². The fraction of sp³-hybridized carbons (Fsp3) is 0.292. The number of carbonyl (C=O) groups excluding carboxylic acids is 1. The van der Waals surface area contributed by atoms with E-state index in [-0.39, 0.29) is 6.03 Å². The summed E-state index contributed by atoms with van der Waals surface area (Å²) in [6.45, 7) is 3.94. The van der Waals surface area contributed by atoms with E-state index >= 15 is 0 Å². The molecule has 1 aliphatic heterocycles. The molecule has 0 saturated carbocycles. The third kappa shape index (κ3) is 5.33. The molecule has 0 atom stereocenters. The molecule has 2 N–H and O–H groups in total. The van der Waals surface area contributed by atoms with Crippen molar-refractivity contribution in [2.75, 3.05) is 28.6 Å². The quantitative estimate of drug-likeness (QED) is 0.517. The molecule has 2 aromatic carbocycles. The standard InChI is InChI=1S/C24H26ClN5O/c1-17-20(25)10-7-11-21(17)27-24(31)26-19-9-6-8-18(16-19)22-12-13-23(29-28-22)30-14-4-2-3-5-15-30/h6-13,16H,2-5,14-15H2,1H3,(H2,26,27,31). The first-order valence-electron chi connectivity index (χ1n) is 10.6. The van der Waals surface area contributed by atoms with Gasteiger partial charge in [0.25, 0.3) is 0 Å². The van der Waals surface area contributed by atoms with Crippen molar-refractivity contribution in [3.05, 3.63) is 65.2 Å². The van der Waals surface area contributed by atoms with Gasteiger partial charge in [-0.1, -0.05) is 42.6 Å². The smallest absolute Gasteiger partial charge is 0.323 e. The van der Waals surface area contributed by atoms with Crippen molar-refractivity contribution in [1.29, 1.82) is 0 Å². The van der Waals surface area contributed by atoms with Crippen LogP contribution in [-0.2, 0) is 0 Å². The van der Waals surface area contributed by atoms with Crippen LogP contribution in [0.2, 0.25) is 5.02 Å². The SMILES string of the molecule is Cc1c(Cl)cccc1NC(=O)Nc1cccc(-c2ccc(N3CCCCCC3)nn2)c1. The average molecular weight is 436 g/mol. The number of carbonyl (C=O) groups is 1. The lowest BCUT2D eigenvalue weighted by molar-refractivity contribution is 0.262. The summed E-state index contributed by atoms with van der Waals surface area (Å²) in [5, 5.41) is 15.2. The second-order valence-corrected chi connectivity index (χ2v) is 8.16. The monoisotopic (exact) mass is 435 g/mol. The molecule has 3 aromatic rings. The molecule has 6 nitrogen and oxygen atoms in total. The second-order valence-electron chi connectivity index (χ2n) is 7.75. The van der Waals surface area contributed by atoms with E-state index in [1.807, 2.05) is 49.4 Å². The van der Waals surface area contributed by atoms with Gasteiger partial charge in [0.15, 0.2) is 5.82 Å². The molecule has 0 unspecified atom stereocenters. The Morgan fingerprint density at radius 3 is 2.45 bits per heavy atom. The van der Waals surface area contributed by atoms with Crippen LogP contribution in [0.25, 0.3) is 11.3 Å². The Labute approximate surface area is 187 Å². The summed E-state index contributed by atoms with van der Waals surface area (Å²) >= 11 is 6.13. The lowest BCUT2D eigenvalue weighted by Crippen LogP contribution is -2.25. The predicted octanol–water partition coefficient (Wildman–Crippen LogP) is 6.13. The number of aromatic nitrogens is 2. The molecule has 1 aromatic heterocycles. The third-order valence-corrected chi connectivity index (χ3v) is 5.92. The molecule has 2 heterocycles. The summed E-state index contributed by atoms with van der Waals surface area (Å²) in [5.41, 5.74) is 3.84. The van der Waals surface area contributed by atoms with Gasteiger partial charge in [0.2, 0.25) is 0 Å². The third-order valence-electron chi connectivity index (χ3n) is 5.51. The van der Waals surface area contributed by atoms with E-state index in [0.717, 1.165) is 35.7 Å². The van der Waals surface area contributed by atoms with Crippen molar-refractivity contribution < 1.29 is 4.79 Å². The van der Waals surface area contributed by atoms with E-state index in [0.29, 0.717) is 16.4 Å². The van der Waals surface area contributed by atoms with Crippen LogP contribution >= 0.6 is 11.6 Å². The van der Waals surface area contributed by atoms with E-state index in [1.54, 1.807) is 12.1 Å². The first-order valence-corrected chi connectivity index (χ1v) is 11.0. The molecule has 2 amide bonds. The molecule has 7 heteroatoms. The van der Waals surface area contributed by atoms with Gasteiger partial charge in [-0.25, -0.2) is 4.79 Å². The Morgan fingerprint density at radius 1 is 0.935 bits per heavy atom. The summed E-state index contributed by atoms with van der Waals surface area (Å²) < 4.78 is 0. The molecular formula is C24H26ClN5O. The van der Waals surface area contributed by atoms with Gasteiger partial charge in [-0.15, -0.1) is 10.2 Å². The molecule has 0 radical (unpaired) electrons. The molecule has 31 heavy (non-hydrogen) atoms. The predicted molar refractivity (Wildman–Crippen MR) is 127 cm³/mol. The Morgan fingerprint density at radius 2 is 1.71 bits per heavy atom. The summed E-state index contributed by atoms with van der Waals surface area (Å²) in [5.74, 6) is 0.927. The molecule has 0 spiro atoms. The number of amides is 2. The number of hydrogen-bond acceptors (Lipinski definition) is 4. The zero-order chi connectivity index (χ0) is 21.6. The summed E-state index contributed by atoms with van der Waals surface area (Å²) in [7, 11) is 0. The summed E-state index contributed by atoms with van der Waals surface area (Å²) in [6.07, 6.45) is 4.97. The van der Waals surface area contributed by atoms with Crippen molar-refractivity contribution >= 4 is 34.8 Å². The highest BCUT2D eigenvalue weighted by atomic mass is 35.5. The molecule has 0 bridgehead atoms. The highest BCUT2D eigenvalue weighted by Gasteiger charge is 2.12. The van der Waals surface area contributed by atoms with E-state index in [1.165, 1.54) is 25.7 Å². The van der Waals surface area contributed by atoms with Crippen LogP contribution in [0, 0.1) is 6.92 Å². The number of hydrogen-bond donors (Lipinski definition) is 2.